The molecule has 124 valence electrons. The summed E-state index contributed by atoms with van der Waals surface area (Å²) < 4.78 is 10.9. The minimum Gasteiger partial charge on any atom is -0.372 e. The fourth-order valence-electron chi connectivity index (χ4n) is 2.64. The van der Waals surface area contributed by atoms with Crippen LogP contribution in [0.25, 0.3) is 10.7 Å². The van der Waals surface area contributed by atoms with Gasteiger partial charge >= 0.3 is 0 Å². The molecule has 0 spiro atoms. The van der Waals surface area contributed by atoms with Crippen LogP contribution in [0.2, 0.25) is 0 Å². The van der Waals surface area contributed by atoms with Crippen molar-refractivity contribution >= 4 is 17.2 Å². The van der Waals surface area contributed by atoms with Crippen molar-refractivity contribution in [3.8, 4) is 10.7 Å². The van der Waals surface area contributed by atoms with Gasteiger partial charge in [0.1, 0.15) is 0 Å². The Labute approximate surface area is 139 Å². The number of hydrogen-bond donors (Lipinski definition) is 0. The third kappa shape index (κ3) is 4.17. The Bertz CT molecular complexity index is 651. The molecule has 0 aromatic carbocycles. The number of hydrogen-bond acceptors (Lipinski definition) is 6. The predicted octanol–water partition coefficient (Wildman–Crippen LogP) is 2.76. The van der Waals surface area contributed by atoms with Gasteiger partial charge < -0.3 is 14.2 Å². The molecule has 2 aromatic heterocycles. The minimum atomic E-state index is -0.254. The first kappa shape index (κ1) is 16.1. The first-order chi connectivity index (χ1) is 11.0. The highest BCUT2D eigenvalue weighted by molar-refractivity contribution is 7.13. The highest BCUT2D eigenvalue weighted by atomic mass is 32.1. The first-order valence-corrected chi connectivity index (χ1v) is 8.70. The topological polar surface area (TPSA) is 68.5 Å². The Morgan fingerprint density at radius 2 is 2.35 bits per heavy atom. The molecule has 1 fully saturated rings. The van der Waals surface area contributed by atoms with E-state index in [4.69, 9.17) is 9.26 Å². The second kappa shape index (κ2) is 6.80. The normalized spacial score (nSPS) is 17.4. The Morgan fingerprint density at radius 1 is 1.48 bits per heavy atom. The van der Waals surface area contributed by atoms with Crippen LogP contribution in [0.15, 0.2) is 22.0 Å². The smallest absolute Gasteiger partial charge is 0.226 e. The first-order valence-electron chi connectivity index (χ1n) is 7.82. The van der Waals surface area contributed by atoms with E-state index in [1.807, 2.05) is 36.3 Å². The van der Waals surface area contributed by atoms with Gasteiger partial charge in [0.2, 0.25) is 17.6 Å². The lowest BCUT2D eigenvalue weighted by Crippen LogP contribution is -2.50. The molecule has 1 amide bonds. The number of thiophene rings is 1. The largest absolute Gasteiger partial charge is 0.372 e. The van der Waals surface area contributed by atoms with Gasteiger partial charge in [0, 0.05) is 25.9 Å². The third-order valence-electron chi connectivity index (χ3n) is 3.77. The summed E-state index contributed by atoms with van der Waals surface area (Å²) >= 11 is 1.58. The summed E-state index contributed by atoms with van der Waals surface area (Å²) in [5.74, 6) is 1.37. The van der Waals surface area contributed by atoms with E-state index >= 15 is 0 Å². The molecule has 1 aliphatic heterocycles. The molecule has 23 heavy (non-hydrogen) atoms. The van der Waals surface area contributed by atoms with E-state index < -0.39 is 0 Å². The monoisotopic (exact) mass is 335 g/mol. The van der Waals surface area contributed by atoms with Crippen LogP contribution in [0.1, 0.15) is 32.6 Å². The number of aromatic nitrogens is 2. The van der Waals surface area contributed by atoms with Gasteiger partial charge in [-0.2, -0.15) is 4.98 Å². The van der Waals surface area contributed by atoms with Crippen LogP contribution in [-0.4, -0.2) is 46.2 Å². The summed E-state index contributed by atoms with van der Waals surface area (Å²) in [5, 5.41) is 5.96. The summed E-state index contributed by atoms with van der Waals surface area (Å²) in [5.41, 5.74) is -0.254. The molecular weight excluding hydrogens is 314 g/mol. The van der Waals surface area contributed by atoms with E-state index in [0.717, 1.165) is 4.88 Å². The molecule has 7 heteroatoms. The highest BCUT2D eigenvalue weighted by Crippen LogP contribution is 2.22. The number of rotatable bonds is 5. The van der Waals surface area contributed by atoms with Crippen molar-refractivity contribution in [2.75, 3.05) is 19.7 Å². The lowest BCUT2D eigenvalue weighted by atomic mass is 10.1. The SMILES string of the molecule is CC1(C)CN(C(=O)CCCc2nc(-c3cccs3)no2)CCO1. The van der Waals surface area contributed by atoms with E-state index in [1.165, 1.54) is 0 Å². The van der Waals surface area contributed by atoms with Gasteiger partial charge in [-0.3, -0.25) is 4.79 Å². The van der Waals surface area contributed by atoms with Crippen molar-refractivity contribution in [1.29, 1.82) is 0 Å². The van der Waals surface area contributed by atoms with Gasteiger partial charge in [-0.1, -0.05) is 11.2 Å². The number of aryl methyl sites for hydroxylation is 1. The maximum Gasteiger partial charge on any atom is 0.226 e. The van der Waals surface area contributed by atoms with Crippen LogP contribution >= 0.6 is 11.3 Å². The van der Waals surface area contributed by atoms with Crippen LogP contribution in [0.3, 0.4) is 0 Å². The van der Waals surface area contributed by atoms with Crippen molar-refractivity contribution in [1.82, 2.24) is 15.0 Å². The third-order valence-corrected chi connectivity index (χ3v) is 4.64. The Balaban J connectivity index is 1.47. The van der Waals surface area contributed by atoms with Crippen LogP contribution in [0.4, 0.5) is 0 Å². The van der Waals surface area contributed by atoms with Gasteiger partial charge in [0.15, 0.2) is 0 Å². The van der Waals surface area contributed by atoms with Gasteiger partial charge in [0.25, 0.3) is 0 Å². The van der Waals surface area contributed by atoms with Crippen molar-refractivity contribution in [3.05, 3.63) is 23.4 Å². The molecule has 0 saturated carbocycles. The molecule has 1 saturated heterocycles. The Kier molecular flexibility index (Phi) is 4.77. The summed E-state index contributed by atoms with van der Waals surface area (Å²) in [6.07, 6.45) is 1.83. The molecule has 0 N–H and O–H groups in total. The molecule has 0 aliphatic carbocycles. The van der Waals surface area contributed by atoms with Crippen molar-refractivity contribution in [2.45, 2.75) is 38.7 Å². The summed E-state index contributed by atoms with van der Waals surface area (Å²) in [6, 6.07) is 3.92. The molecule has 3 heterocycles. The highest BCUT2D eigenvalue weighted by Gasteiger charge is 2.29. The van der Waals surface area contributed by atoms with Gasteiger partial charge in [-0.25, -0.2) is 0 Å². The molecular formula is C16H21N3O3S. The molecule has 6 nitrogen and oxygen atoms in total. The van der Waals surface area contributed by atoms with Gasteiger partial charge in [-0.05, 0) is 31.7 Å². The van der Waals surface area contributed by atoms with Crippen molar-refractivity contribution < 1.29 is 14.1 Å². The Morgan fingerprint density at radius 3 is 3.09 bits per heavy atom. The molecule has 0 bridgehead atoms. The predicted molar refractivity (Wildman–Crippen MR) is 87.2 cm³/mol. The summed E-state index contributed by atoms with van der Waals surface area (Å²) in [6.45, 7) is 5.95. The van der Waals surface area contributed by atoms with Crippen LogP contribution in [-0.2, 0) is 16.0 Å². The standard InChI is InChI=1S/C16H21N3O3S/c1-16(2)11-19(8-9-21-16)14(20)7-3-6-13-17-15(18-22-13)12-5-4-10-23-12/h4-5,10H,3,6-9,11H2,1-2H3. The molecule has 3 rings (SSSR count). The molecule has 0 radical (unpaired) electrons. The van der Waals surface area contributed by atoms with Gasteiger partial charge in [0.05, 0.1) is 17.1 Å². The lowest BCUT2D eigenvalue weighted by molar-refractivity contribution is -0.146. The zero-order valence-corrected chi connectivity index (χ0v) is 14.3. The summed E-state index contributed by atoms with van der Waals surface area (Å²) in [4.78, 5) is 19.5. The van der Waals surface area contributed by atoms with E-state index in [2.05, 4.69) is 10.1 Å². The van der Waals surface area contributed by atoms with Gasteiger partial charge in [-0.15, -0.1) is 11.3 Å². The van der Waals surface area contributed by atoms with E-state index in [9.17, 15) is 4.79 Å². The van der Waals surface area contributed by atoms with E-state index in [-0.39, 0.29) is 11.5 Å². The molecule has 0 unspecified atom stereocenters. The number of morpholine rings is 1. The van der Waals surface area contributed by atoms with Crippen LogP contribution in [0, 0.1) is 0 Å². The maximum atomic E-state index is 12.3. The van der Waals surface area contributed by atoms with Crippen LogP contribution in [0.5, 0.6) is 0 Å². The summed E-state index contributed by atoms with van der Waals surface area (Å²) in [7, 11) is 0. The van der Waals surface area contributed by atoms with Crippen molar-refractivity contribution in [3.63, 3.8) is 0 Å². The zero-order chi connectivity index (χ0) is 16.3. The second-order valence-corrected chi connectivity index (χ2v) is 7.21. The number of carbonyl (C=O) groups is 1. The Hall–Kier alpha value is -1.73. The minimum absolute atomic E-state index is 0.166. The zero-order valence-electron chi connectivity index (χ0n) is 13.4. The number of amides is 1. The molecule has 0 atom stereocenters. The van der Waals surface area contributed by atoms with E-state index in [1.54, 1.807) is 11.3 Å². The maximum absolute atomic E-state index is 12.3. The number of carbonyl (C=O) groups excluding carboxylic acids is 1. The molecule has 1 aliphatic rings. The molecule has 2 aromatic rings. The van der Waals surface area contributed by atoms with Crippen molar-refractivity contribution in [2.24, 2.45) is 0 Å². The quantitative estimate of drug-likeness (QED) is 0.840. The second-order valence-electron chi connectivity index (χ2n) is 6.27. The fraction of sp³-hybridized carbons (Fsp3) is 0.562. The average molecular weight is 335 g/mol. The fourth-order valence-corrected chi connectivity index (χ4v) is 3.29. The van der Waals surface area contributed by atoms with E-state index in [0.29, 0.717) is 50.7 Å². The number of ether oxygens (including phenoxy) is 1. The average Bonchev–Trinajstić information content (AvgIpc) is 3.17. The van der Waals surface area contributed by atoms with Crippen LogP contribution < -0.4 is 0 Å². The number of nitrogens with zero attached hydrogens (tertiary/aromatic N) is 3. The lowest BCUT2D eigenvalue weighted by Gasteiger charge is -2.38.